The fraction of sp³-hybridized carbons (Fsp3) is 0.875. The topological polar surface area (TPSA) is 86.1 Å². The van der Waals surface area contributed by atoms with Gasteiger partial charge in [0.2, 0.25) is 0 Å². The van der Waals surface area contributed by atoms with Crippen molar-refractivity contribution in [2.45, 2.75) is 33.1 Å². The predicted molar refractivity (Wildman–Crippen MR) is 49.3 cm³/mol. The Kier molecular flexibility index (Phi) is 4.92. The Morgan fingerprint density at radius 2 is 2.15 bits per heavy atom. The number of aliphatic carboxylic acids is 1. The summed E-state index contributed by atoms with van der Waals surface area (Å²) in [6.07, 6.45) is 2.14. The minimum absolute atomic E-state index is 0.451. The molecule has 0 aliphatic carbocycles. The highest BCUT2D eigenvalue weighted by Crippen LogP contribution is 2.23. The number of hydrogen-bond acceptors (Lipinski definition) is 2. The van der Waals surface area contributed by atoms with Crippen LogP contribution in [-0.4, -0.2) is 17.6 Å². The molecule has 0 heterocycles. The van der Waals surface area contributed by atoms with Gasteiger partial charge in [0, 0.05) is 11.5 Å². The maximum atomic E-state index is 10.7. The van der Waals surface area contributed by atoms with Gasteiger partial charge < -0.3 is 5.11 Å². The van der Waals surface area contributed by atoms with Crippen molar-refractivity contribution in [2.24, 2.45) is 10.5 Å². The third kappa shape index (κ3) is 5.09. The molecule has 0 amide bonds. The summed E-state index contributed by atoms with van der Waals surface area (Å²) < 4.78 is 0. The molecular formula is C8H15N3O2. The minimum Gasteiger partial charge on any atom is -0.481 e. The van der Waals surface area contributed by atoms with E-state index in [1.165, 1.54) is 0 Å². The summed E-state index contributed by atoms with van der Waals surface area (Å²) >= 11 is 0. The Bertz CT molecular complexity index is 219. The number of carboxylic acid groups (broad SMARTS) is 1. The van der Waals surface area contributed by atoms with Crippen LogP contribution in [0.15, 0.2) is 5.11 Å². The molecule has 5 nitrogen and oxygen atoms in total. The lowest BCUT2D eigenvalue weighted by molar-refractivity contribution is -0.147. The van der Waals surface area contributed by atoms with Gasteiger partial charge in [0.05, 0.1) is 5.41 Å². The summed E-state index contributed by atoms with van der Waals surface area (Å²) in [5, 5.41) is 12.1. The van der Waals surface area contributed by atoms with Crippen molar-refractivity contribution in [1.29, 1.82) is 0 Å². The molecule has 0 atom stereocenters. The zero-order chi connectivity index (χ0) is 10.3. The van der Waals surface area contributed by atoms with Crippen LogP contribution in [0.25, 0.3) is 10.4 Å². The zero-order valence-corrected chi connectivity index (χ0v) is 8.03. The van der Waals surface area contributed by atoms with Crippen molar-refractivity contribution in [3.05, 3.63) is 10.4 Å². The molecule has 0 aliphatic rings. The lowest BCUT2D eigenvalue weighted by Crippen LogP contribution is -2.23. The van der Waals surface area contributed by atoms with E-state index in [1.54, 1.807) is 13.8 Å². The van der Waals surface area contributed by atoms with E-state index in [1.807, 2.05) is 0 Å². The van der Waals surface area contributed by atoms with E-state index in [9.17, 15) is 4.79 Å². The monoisotopic (exact) mass is 185 g/mol. The molecule has 0 fully saturated rings. The molecule has 0 aliphatic heterocycles. The van der Waals surface area contributed by atoms with Crippen LogP contribution < -0.4 is 0 Å². The molecule has 0 spiro atoms. The summed E-state index contributed by atoms with van der Waals surface area (Å²) in [5.41, 5.74) is 7.31. The maximum Gasteiger partial charge on any atom is 0.309 e. The van der Waals surface area contributed by atoms with E-state index in [-0.39, 0.29) is 0 Å². The first-order valence-electron chi connectivity index (χ1n) is 4.25. The number of hydrogen-bond donors (Lipinski definition) is 1. The number of unbranched alkanes of at least 4 members (excludes halogenated alkanes) is 1. The van der Waals surface area contributed by atoms with Gasteiger partial charge in [-0.3, -0.25) is 4.79 Å². The average Bonchev–Trinajstić information content (AvgIpc) is 2.03. The summed E-state index contributed by atoms with van der Waals surface area (Å²) in [6, 6.07) is 0. The highest BCUT2D eigenvalue weighted by atomic mass is 16.4. The van der Waals surface area contributed by atoms with Crippen LogP contribution in [0.3, 0.4) is 0 Å². The van der Waals surface area contributed by atoms with E-state index >= 15 is 0 Å². The number of nitrogens with zero attached hydrogens (tertiary/aromatic N) is 3. The molecule has 0 unspecified atom stereocenters. The standard InChI is InChI=1S/C8H15N3O2/c1-8(2,7(12)13)5-3-4-6-10-11-9/h3-6H2,1-2H3,(H,12,13). The highest BCUT2D eigenvalue weighted by Gasteiger charge is 2.25. The van der Waals surface area contributed by atoms with Crippen molar-refractivity contribution in [2.75, 3.05) is 6.54 Å². The molecule has 5 heteroatoms. The van der Waals surface area contributed by atoms with Crippen LogP contribution in [0.5, 0.6) is 0 Å². The summed E-state index contributed by atoms with van der Waals surface area (Å²) in [4.78, 5) is 13.3. The molecule has 0 aromatic rings. The van der Waals surface area contributed by atoms with E-state index in [4.69, 9.17) is 10.6 Å². The van der Waals surface area contributed by atoms with E-state index in [2.05, 4.69) is 10.0 Å². The predicted octanol–water partition coefficient (Wildman–Crippen LogP) is 2.58. The Morgan fingerprint density at radius 3 is 2.62 bits per heavy atom. The second-order valence-electron chi connectivity index (χ2n) is 3.60. The molecule has 0 aromatic carbocycles. The van der Waals surface area contributed by atoms with Gasteiger partial charge in [0.15, 0.2) is 0 Å². The lowest BCUT2D eigenvalue weighted by Gasteiger charge is -2.17. The van der Waals surface area contributed by atoms with Gasteiger partial charge in [0.25, 0.3) is 0 Å². The first-order chi connectivity index (χ1) is 6.00. The van der Waals surface area contributed by atoms with Gasteiger partial charge in [0.1, 0.15) is 0 Å². The van der Waals surface area contributed by atoms with Crippen molar-refractivity contribution in [1.82, 2.24) is 0 Å². The summed E-state index contributed by atoms with van der Waals surface area (Å²) in [5.74, 6) is -0.781. The maximum absolute atomic E-state index is 10.7. The first kappa shape index (κ1) is 11.8. The number of carboxylic acids is 1. The van der Waals surface area contributed by atoms with Crippen LogP contribution >= 0.6 is 0 Å². The van der Waals surface area contributed by atoms with Crippen LogP contribution in [0.1, 0.15) is 33.1 Å². The van der Waals surface area contributed by atoms with Gasteiger partial charge in [-0.2, -0.15) is 0 Å². The van der Waals surface area contributed by atoms with Gasteiger partial charge in [-0.25, -0.2) is 0 Å². The fourth-order valence-corrected chi connectivity index (χ4v) is 0.901. The first-order valence-corrected chi connectivity index (χ1v) is 4.25. The number of carbonyl (C=O) groups is 1. The van der Waals surface area contributed by atoms with Crippen molar-refractivity contribution in [3.8, 4) is 0 Å². The molecule has 1 N–H and O–H groups in total. The van der Waals surface area contributed by atoms with Crippen molar-refractivity contribution >= 4 is 5.97 Å². The number of azide groups is 1. The molecule has 0 saturated heterocycles. The van der Waals surface area contributed by atoms with Gasteiger partial charge in [-0.05, 0) is 32.2 Å². The van der Waals surface area contributed by atoms with Crippen molar-refractivity contribution < 1.29 is 9.90 Å². The quantitative estimate of drug-likeness (QED) is 0.298. The smallest absolute Gasteiger partial charge is 0.309 e. The Balaban J connectivity index is 3.63. The highest BCUT2D eigenvalue weighted by molar-refractivity contribution is 5.73. The molecular weight excluding hydrogens is 170 g/mol. The van der Waals surface area contributed by atoms with E-state index < -0.39 is 11.4 Å². The zero-order valence-electron chi connectivity index (χ0n) is 8.03. The lowest BCUT2D eigenvalue weighted by atomic mass is 9.87. The van der Waals surface area contributed by atoms with Crippen LogP contribution in [0.4, 0.5) is 0 Å². The molecule has 13 heavy (non-hydrogen) atoms. The molecule has 0 bridgehead atoms. The third-order valence-corrected chi connectivity index (χ3v) is 1.95. The molecule has 0 saturated carbocycles. The van der Waals surface area contributed by atoms with Crippen molar-refractivity contribution in [3.63, 3.8) is 0 Å². The summed E-state index contributed by atoms with van der Waals surface area (Å²) in [6.45, 7) is 3.85. The minimum atomic E-state index is -0.781. The molecule has 74 valence electrons. The second kappa shape index (κ2) is 5.43. The van der Waals surface area contributed by atoms with Crippen LogP contribution in [-0.2, 0) is 4.79 Å². The van der Waals surface area contributed by atoms with E-state index in [0.29, 0.717) is 13.0 Å². The van der Waals surface area contributed by atoms with Crippen LogP contribution in [0.2, 0.25) is 0 Å². The molecule has 0 rings (SSSR count). The van der Waals surface area contributed by atoms with Gasteiger partial charge >= 0.3 is 5.97 Å². The molecule has 0 aromatic heterocycles. The SMILES string of the molecule is CC(C)(CCCCN=[N+]=[N-])C(=O)O. The normalized spacial score (nSPS) is 10.6. The Hall–Kier alpha value is -1.22. The molecule has 0 radical (unpaired) electrons. The van der Waals surface area contributed by atoms with Gasteiger partial charge in [-0.1, -0.05) is 11.5 Å². The average molecular weight is 185 g/mol. The Morgan fingerprint density at radius 1 is 1.54 bits per heavy atom. The Labute approximate surface area is 77.4 Å². The fourth-order valence-electron chi connectivity index (χ4n) is 0.901. The van der Waals surface area contributed by atoms with E-state index in [0.717, 1.165) is 12.8 Å². The third-order valence-electron chi connectivity index (χ3n) is 1.95. The largest absolute Gasteiger partial charge is 0.481 e. The number of rotatable bonds is 6. The second-order valence-corrected chi connectivity index (χ2v) is 3.60. The van der Waals surface area contributed by atoms with Gasteiger partial charge in [-0.15, -0.1) is 0 Å². The van der Waals surface area contributed by atoms with Crippen LogP contribution in [0, 0.1) is 5.41 Å². The summed E-state index contributed by atoms with van der Waals surface area (Å²) in [7, 11) is 0.